The van der Waals surface area contributed by atoms with Crippen LogP contribution in [0, 0.1) is 11.7 Å². The maximum Gasteiger partial charge on any atom is 0.315 e. The number of aliphatic hydroxyl groups is 1. The van der Waals surface area contributed by atoms with Crippen LogP contribution in [0.5, 0.6) is 5.75 Å². The first-order chi connectivity index (χ1) is 10.1. The lowest BCUT2D eigenvalue weighted by Crippen LogP contribution is -2.40. The van der Waals surface area contributed by atoms with Crippen molar-refractivity contribution in [1.82, 2.24) is 10.6 Å². The van der Waals surface area contributed by atoms with E-state index < -0.39 is 5.82 Å². The molecule has 0 unspecified atom stereocenters. The van der Waals surface area contributed by atoms with Crippen LogP contribution in [0.3, 0.4) is 0 Å². The summed E-state index contributed by atoms with van der Waals surface area (Å²) in [6.45, 7) is 0.314. The number of nitrogens with one attached hydrogen (secondary N) is 2. The topological polar surface area (TPSA) is 70.6 Å². The second kappa shape index (κ2) is 7.08. The Labute approximate surface area is 122 Å². The number of ether oxygens (including phenoxy) is 1. The Morgan fingerprint density at radius 3 is 2.90 bits per heavy atom. The second-order valence-electron chi connectivity index (χ2n) is 4.97. The van der Waals surface area contributed by atoms with Crippen LogP contribution in [0.1, 0.15) is 12.0 Å². The minimum atomic E-state index is -0.457. The van der Waals surface area contributed by atoms with E-state index in [0.717, 1.165) is 0 Å². The summed E-state index contributed by atoms with van der Waals surface area (Å²) in [7, 11) is 1.40. The number of rotatable bonds is 5. The fraction of sp³-hybridized carbons (Fsp3) is 0.400. The number of methoxy groups -OCH3 is 1. The third-order valence-corrected chi connectivity index (χ3v) is 3.39. The smallest absolute Gasteiger partial charge is 0.315 e. The van der Waals surface area contributed by atoms with Crippen molar-refractivity contribution < 1.29 is 19.0 Å². The van der Waals surface area contributed by atoms with Crippen molar-refractivity contribution in [2.24, 2.45) is 5.92 Å². The molecule has 0 fully saturated rings. The third-order valence-electron chi connectivity index (χ3n) is 3.39. The number of amides is 2. The van der Waals surface area contributed by atoms with Gasteiger partial charge in [-0.15, -0.1) is 0 Å². The molecule has 0 bridgehead atoms. The first-order valence-electron chi connectivity index (χ1n) is 6.78. The molecule has 0 aromatic heterocycles. The maximum atomic E-state index is 13.5. The van der Waals surface area contributed by atoms with Gasteiger partial charge >= 0.3 is 6.03 Å². The van der Waals surface area contributed by atoms with E-state index in [9.17, 15) is 9.18 Å². The molecule has 1 aliphatic rings. The van der Waals surface area contributed by atoms with Crippen molar-refractivity contribution in [1.29, 1.82) is 0 Å². The Balaban J connectivity index is 1.79. The number of carbonyl (C=O) groups excluding carboxylic acids is 1. The highest BCUT2D eigenvalue weighted by Crippen LogP contribution is 2.18. The van der Waals surface area contributed by atoms with Crippen molar-refractivity contribution in [3.63, 3.8) is 0 Å². The zero-order chi connectivity index (χ0) is 15.2. The number of carbonyl (C=O) groups is 1. The first kappa shape index (κ1) is 15.3. The third kappa shape index (κ3) is 4.19. The summed E-state index contributed by atoms with van der Waals surface area (Å²) in [6, 6.07) is 4.15. The summed E-state index contributed by atoms with van der Waals surface area (Å²) in [6.07, 6.45) is 4.46. The van der Waals surface area contributed by atoms with Gasteiger partial charge in [0.2, 0.25) is 0 Å². The number of urea groups is 1. The Bertz CT molecular complexity index is 534. The standard InChI is InChI=1S/C15H19FN2O3/c1-21-14-5-3-10(7-13(14)16)8-17-15(20)18-12-4-2-11(6-12)9-19/h2-5,7,11-12,19H,6,8-9H2,1H3,(H2,17,18,20)/t11-,12+/m0/s1. The highest BCUT2D eigenvalue weighted by atomic mass is 19.1. The normalized spacial score (nSPS) is 20.3. The molecule has 5 nitrogen and oxygen atoms in total. The van der Waals surface area contributed by atoms with E-state index in [1.165, 1.54) is 19.2 Å². The summed E-state index contributed by atoms with van der Waals surface area (Å²) in [5, 5.41) is 14.5. The van der Waals surface area contributed by atoms with Crippen LogP contribution in [0.4, 0.5) is 9.18 Å². The monoisotopic (exact) mass is 294 g/mol. The van der Waals surface area contributed by atoms with Gasteiger partial charge in [0.05, 0.1) is 7.11 Å². The zero-order valence-electron chi connectivity index (χ0n) is 11.8. The first-order valence-corrected chi connectivity index (χ1v) is 6.78. The Hall–Kier alpha value is -2.08. The van der Waals surface area contributed by atoms with E-state index in [0.29, 0.717) is 12.0 Å². The van der Waals surface area contributed by atoms with Gasteiger partial charge in [-0.2, -0.15) is 0 Å². The largest absolute Gasteiger partial charge is 0.494 e. The number of halogens is 1. The molecule has 1 aromatic rings. The summed E-state index contributed by atoms with van der Waals surface area (Å²) in [4.78, 5) is 11.7. The van der Waals surface area contributed by atoms with E-state index in [1.807, 2.05) is 12.2 Å². The second-order valence-corrected chi connectivity index (χ2v) is 4.97. The van der Waals surface area contributed by atoms with Crippen LogP contribution in [-0.2, 0) is 6.54 Å². The lowest BCUT2D eigenvalue weighted by molar-refractivity contribution is 0.231. The highest BCUT2D eigenvalue weighted by Gasteiger charge is 2.19. The molecule has 21 heavy (non-hydrogen) atoms. The number of aliphatic hydroxyl groups excluding tert-OH is 1. The quantitative estimate of drug-likeness (QED) is 0.722. The molecule has 0 heterocycles. The molecule has 0 aliphatic heterocycles. The van der Waals surface area contributed by atoms with Gasteiger partial charge in [-0.25, -0.2) is 9.18 Å². The summed E-state index contributed by atoms with van der Waals surface area (Å²) in [5.74, 6) is -0.179. The molecule has 2 atom stereocenters. The molecule has 1 aromatic carbocycles. The molecule has 0 spiro atoms. The fourth-order valence-electron chi connectivity index (χ4n) is 2.24. The molecule has 1 aliphatic carbocycles. The molecule has 2 rings (SSSR count). The molecule has 2 amide bonds. The minimum Gasteiger partial charge on any atom is -0.494 e. The van der Waals surface area contributed by atoms with E-state index in [-0.39, 0.29) is 36.9 Å². The maximum absolute atomic E-state index is 13.5. The van der Waals surface area contributed by atoms with E-state index in [1.54, 1.807) is 6.07 Å². The Kier molecular flexibility index (Phi) is 5.16. The average molecular weight is 294 g/mol. The fourth-order valence-corrected chi connectivity index (χ4v) is 2.24. The van der Waals surface area contributed by atoms with Crippen LogP contribution < -0.4 is 15.4 Å². The molecule has 0 radical (unpaired) electrons. The van der Waals surface area contributed by atoms with Crippen LogP contribution in [-0.4, -0.2) is 30.9 Å². The van der Waals surface area contributed by atoms with Gasteiger partial charge in [-0.3, -0.25) is 0 Å². The molecule has 0 saturated carbocycles. The molecule has 6 heteroatoms. The minimum absolute atomic E-state index is 0.0743. The Morgan fingerprint density at radius 1 is 1.48 bits per heavy atom. The van der Waals surface area contributed by atoms with Crippen LogP contribution >= 0.6 is 0 Å². The molecule has 3 N–H and O–H groups in total. The molecule has 0 saturated heterocycles. The lowest BCUT2D eigenvalue weighted by atomic mass is 10.1. The van der Waals surface area contributed by atoms with E-state index >= 15 is 0 Å². The molecular formula is C15H19FN2O3. The number of benzene rings is 1. The zero-order valence-corrected chi connectivity index (χ0v) is 11.8. The lowest BCUT2D eigenvalue weighted by Gasteiger charge is -2.14. The predicted molar refractivity (Wildman–Crippen MR) is 76.4 cm³/mol. The van der Waals surface area contributed by atoms with Gasteiger partial charge in [0, 0.05) is 25.1 Å². The molecular weight excluding hydrogens is 275 g/mol. The predicted octanol–water partition coefficient (Wildman–Crippen LogP) is 1.57. The SMILES string of the molecule is COc1ccc(CNC(=O)N[C@@H]2C=C[C@H](CO)C2)cc1F. The summed E-state index contributed by atoms with van der Waals surface area (Å²) >= 11 is 0. The van der Waals surface area contributed by atoms with Gasteiger partial charge in [-0.05, 0) is 24.1 Å². The van der Waals surface area contributed by atoms with Crippen LogP contribution in [0.15, 0.2) is 30.4 Å². The number of hydrogen-bond donors (Lipinski definition) is 3. The highest BCUT2D eigenvalue weighted by molar-refractivity contribution is 5.74. The van der Waals surface area contributed by atoms with Crippen LogP contribution in [0.2, 0.25) is 0 Å². The van der Waals surface area contributed by atoms with E-state index in [4.69, 9.17) is 9.84 Å². The van der Waals surface area contributed by atoms with Crippen LogP contribution in [0.25, 0.3) is 0 Å². The van der Waals surface area contributed by atoms with Gasteiger partial charge in [0.15, 0.2) is 11.6 Å². The number of hydrogen-bond acceptors (Lipinski definition) is 3. The van der Waals surface area contributed by atoms with Crippen molar-refractivity contribution in [3.8, 4) is 5.75 Å². The van der Waals surface area contributed by atoms with Gasteiger partial charge in [0.25, 0.3) is 0 Å². The van der Waals surface area contributed by atoms with Crippen molar-refractivity contribution in [2.75, 3.05) is 13.7 Å². The van der Waals surface area contributed by atoms with Crippen molar-refractivity contribution >= 4 is 6.03 Å². The van der Waals surface area contributed by atoms with E-state index in [2.05, 4.69) is 10.6 Å². The van der Waals surface area contributed by atoms with Crippen molar-refractivity contribution in [2.45, 2.75) is 19.0 Å². The Morgan fingerprint density at radius 2 is 2.29 bits per heavy atom. The molecule has 114 valence electrons. The van der Waals surface area contributed by atoms with Gasteiger partial charge < -0.3 is 20.5 Å². The average Bonchev–Trinajstić information content (AvgIpc) is 2.93. The van der Waals surface area contributed by atoms with Crippen molar-refractivity contribution in [3.05, 3.63) is 41.7 Å². The van der Waals surface area contributed by atoms with Gasteiger partial charge in [0.1, 0.15) is 0 Å². The van der Waals surface area contributed by atoms with Gasteiger partial charge in [-0.1, -0.05) is 18.2 Å². The summed E-state index contributed by atoms with van der Waals surface area (Å²) in [5.41, 5.74) is 0.652. The summed E-state index contributed by atoms with van der Waals surface area (Å²) < 4.78 is 18.3.